The van der Waals surface area contributed by atoms with Crippen molar-refractivity contribution in [1.82, 2.24) is 20.3 Å². The number of halogens is 2. The Kier molecular flexibility index (Phi) is 6.77. The predicted molar refractivity (Wildman–Crippen MR) is 105 cm³/mol. The van der Waals surface area contributed by atoms with E-state index in [9.17, 15) is 0 Å². The molecule has 1 fully saturated rings. The first-order chi connectivity index (χ1) is 12.6. The molecule has 0 spiro atoms. The van der Waals surface area contributed by atoms with Crippen LogP contribution in [0.3, 0.4) is 0 Å². The number of rotatable bonds is 5. The fourth-order valence-corrected chi connectivity index (χ4v) is 3.64. The van der Waals surface area contributed by atoms with Crippen LogP contribution in [0.25, 0.3) is 0 Å². The highest BCUT2D eigenvalue weighted by molar-refractivity contribution is 6.34. The molecule has 140 valence electrons. The number of guanidine groups is 1. The fraction of sp³-hybridized carbons (Fsp3) is 0.444. The number of aliphatic imine (C=N–C) groups is 1. The Labute approximate surface area is 163 Å². The van der Waals surface area contributed by atoms with Gasteiger partial charge in [0.05, 0.1) is 5.69 Å². The topological polar surface area (TPSA) is 56.9 Å². The third-order valence-corrected chi connectivity index (χ3v) is 4.82. The van der Waals surface area contributed by atoms with Gasteiger partial charge in [0.1, 0.15) is 6.26 Å². The van der Waals surface area contributed by atoms with Crippen LogP contribution >= 0.6 is 23.2 Å². The molecule has 0 saturated carbocycles. The van der Waals surface area contributed by atoms with Gasteiger partial charge in [-0.25, -0.2) is 0 Å². The van der Waals surface area contributed by atoms with E-state index in [1.165, 1.54) is 0 Å². The van der Waals surface area contributed by atoms with Crippen molar-refractivity contribution in [3.05, 3.63) is 51.8 Å². The van der Waals surface area contributed by atoms with Crippen molar-refractivity contribution in [3.8, 4) is 0 Å². The first-order valence-electron chi connectivity index (χ1n) is 8.66. The van der Waals surface area contributed by atoms with Gasteiger partial charge in [0, 0.05) is 62.4 Å². The lowest BCUT2D eigenvalue weighted by atomic mass is 10.1. The zero-order valence-corrected chi connectivity index (χ0v) is 16.3. The SMILES string of the molecule is CN=C(NCCc1cc(Cl)cc(Cl)c1)N1CCN(Cc2ccon2)CC1. The minimum atomic E-state index is 0.667. The molecule has 1 aromatic heterocycles. The molecule has 6 nitrogen and oxygen atoms in total. The predicted octanol–water partition coefficient (Wildman–Crippen LogP) is 2.92. The van der Waals surface area contributed by atoms with Crippen molar-refractivity contribution in [2.75, 3.05) is 39.8 Å². The Balaban J connectivity index is 1.44. The second kappa shape index (κ2) is 9.26. The summed E-state index contributed by atoms with van der Waals surface area (Å²) in [6.07, 6.45) is 2.45. The second-order valence-corrected chi connectivity index (χ2v) is 7.13. The average Bonchev–Trinajstić information content (AvgIpc) is 3.12. The van der Waals surface area contributed by atoms with Crippen molar-refractivity contribution in [1.29, 1.82) is 0 Å². The van der Waals surface area contributed by atoms with Crippen LogP contribution in [0, 0.1) is 0 Å². The summed E-state index contributed by atoms with van der Waals surface area (Å²) in [5.74, 6) is 0.930. The van der Waals surface area contributed by atoms with Crippen LogP contribution in [0.5, 0.6) is 0 Å². The Hall–Kier alpha value is -1.76. The molecule has 1 aromatic carbocycles. The third kappa shape index (κ3) is 5.37. The van der Waals surface area contributed by atoms with E-state index >= 15 is 0 Å². The highest BCUT2D eigenvalue weighted by Gasteiger charge is 2.20. The van der Waals surface area contributed by atoms with Gasteiger partial charge in [0.25, 0.3) is 0 Å². The number of aromatic nitrogens is 1. The van der Waals surface area contributed by atoms with E-state index in [4.69, 9.17) is 27.7 Å². The maximum Gasteiger partial charge on any atom is 0.193 e. The highest BCUT2D eigenvalue weighted by Crippen LogP contribution is 2.19. The first-order valence-corrected chi connectivity index (χ1v) is 9.42. The summed E-state index contributed by atoms with van der Waals surface area (Å²) in [6, 6.07) is 7.55. The molecule has 0 aliphatic carbocycles. The molecule has 2 aromatic rings. The van der Waals surface area contributed by atoms with Gasteiger partial charge in [-0.05, 0) is 30.2 Å². The molecule has 1 N–H and O–H groups in total. The largest absolute Gasteiger partial charge is 0.364 e. The van der Waals surface area contributed by atoms with Gasteiger partial charge in [-0.1, -0.05) is 28.4 Å². The molecule has 3 rings (SSSR count). The fourth-order valence-electron chi connectivity index (χ4n) is 3.07. The minimum absolute atomic E-state index is 0.667. The van der Waals surface area contributed by atoms with E-state index in [2.05, 4.69) is 25.3 Å². The summed E-state index contributed by atoms with van der Waals surface area (Å²) >= 11 is 12.1. The molecule has 0 radical (unpaired) electrons. The molecular weight excluding hydrogens is 373 g/mol. The van der Waals surface area contributed by atoms with Gasteiger partial charge in [0.2, 0.25) is 0 Å². The normalized spacial score (nSPS) is 16.1. The van der Waals surface area contributed by atoms with Crippen molar-refractivity contribution < 1.29 is 4.52 Å². The summed E-state index contributed by atoms with van der Waals surface area (Å²) < 4.78 is 4.90. The lowest BCUT2D eigenvalue weighted by Gasteiger charge is -2.36. The summed E-state index contributed by atoms with van der Waals surface area (Å²) in [4.78, 5) is 9.06. The third-order valence-electron chi connectivity index (χ3n) is 4.38. The van der Waals surface area contributed by atoms with Gasteiger partial charge in [-0.3, -0.25) is 9.89 Å². The van der Waals surface area contributed by atoms with Crippen molar-refractivity contribution in [2.45, 2.75) is 13.0 Å². The van der Waals surface area contributed by atoms with Crippen LogP contribution in [0.4, 0.5) is 0 Å². The van der Waals surface area contributed by atoms with Crippen molar-refractivity contribution >= 4 is 29.2 Å². The molecule has 1 aliphatic rings. The number of hydrogen-bond acceptors (Lipinski definition) is 4. The van der Waals surface area contributed by atoms with Crippen LogP contribution in [-0.2, 0) is 13.0 Å². The minimum Gasteiger partial charge on any atom is -0.364 e. The highest BCUT2D eigenvalue weighted by atomic mass is 35.5. The van der Waals surface area contributed by atoms with E-state index in [1.54, 1.807) is 12.3 Å². The standard InChI is InChI=1S/C18H23Cl2N5O/c1-21-18(22-4-2-14-10-15(19)12-16(20)11-14)25-7-5-24(6-8-25)13-17-3-9-26-23-17/h3,9-12H,2,4-8,13H2,1H3,(H,21,22). The Morgan fingerprint density at radius 3 is 2.54 bits per heavy atom. The van der Waals surface area contributed by atoms with Gasteiger partial charge >= 0.3 is 0 Å². The van der Waals surface area contributed by atoms with E-state index in [1.807, 2.05) is 25.2 Å². The van der Waals surface area contributed by atoms with Crippen molar-refractivity contribution in [2.24, 2.45) is 4.99 Å². The van der Waals surface area contributed by atoms with E-state index in [-0.39, 0.29) is 0 Å². The zero-order chi connectivity index (χ0) is 18.4. The van der Waals surface area contributed by atoms with Crippen LogP contribution in [0.15, 0.2) is 40.0 Å². The van der Waals surface area contributed by atoms with Gasteiger partial charge < -0.3 is 14.7 Å². The number of nitrogens with one attached hydrogen (secondary N) is 1. The molecule has 0 amide bonds. The number of nitrogens with zero attached hydrogens (tertiary/aromatic N) is 4. The van der Waals surface area contributed by atoms with Gasteiger partial charge in [-0.15, -0.1) is 0 Å². The number of hydrogen-bond donors (Lipinski definition) is 1. The molecule has 26 heavy (non-hydrogen) atoms. The zero-order valence-electron chi connectivity index (χ0n) is 14.8. The van der Waals surface area contributed by atoms with E-state index in [0.717, 1.165) is 62.9 Å². The Morgan fingerprint density at radius 1 is 1.19 bits per heavy atom. The summed E-state index contributed by atoms with van der Waals surface area (Å²) in [5, 5.41) is 8.74. The van der Waals surface area contributed by atoms with Gasteiger partial charge in [-0.2, -0.15) is 0 Å². The molecule has 1 aliphatic heterocycles. The molecule has 8 heteroatoms. The summed E-state index contributed by atoms with van der Waals surface area (Å²) in [6.45, 7) is 5.41. The average molecular weight is 396 g/mol. The molecule has 0 atom stereocenters. The molecule has 1 saturated heterocycles. The monoisotopic (exact) mass is 395 g/mol. The molecule has 0 bridgehead atoms. The quantitative estimate of drug-likeness (QED) is 0.622. The maximum atomic E-state index is 6.05. The van der Waals surface area contributed by atoms with Crippen LogP contribution in [0.1, 0.15) is 11.3 Å². The first kappa shape index (κ1) is 19.0. The van der Waals surface area contributed by atoms with Crippen LogP contribution < -0.4 is 5.32 Å². The Bertz CT molecular complexity index is 707. The second-order valence-electron chi connectivity index (χ2n) is 6.26. The lowest BCUT2D eigenvalue weighted by Crippen LogP contribution is -2.52. The number of benzene rings is 1. The lowest BCUT2D eigenvalue weighted by molar-refractivity contribution is 0.169. The smallest absolute Gasteiger partial charge is 0.193 e. The van der Waals surface area contributed by atoms with Crippen molar-refractivity contribution in [3.63, 3.8) is 0 Å². The molecule has 0 unspecified atom stereocenters. The Morgan fingerprint density at radius 2 is 1.92 bits per heavy atom. The van der Waals surface area contributed by atoms with Gasteiger partial charge in [0.15, 0.2) is 5.96 Å². The van der Waals surface area contributed by atoms with Crippen LogP contribution in [-0.4, -0.2) is 60.7 Å². The van der Waals surface area contributed by atoms with Crippen LogP contribution in [0.2, 0.25) is 10.0 Å². The molecular formula is C18H23Cl2N5O. The molecule has 2 heterocycles. The van der Waals surface area contributed by atoms with E-state index < -0.39 is 0 Å². The number of piperazine rings is 1. The van der Waals surface area contributed by atoms with E-state index in [0.29, 0.717) is 10.0 Å². The summed E-state index contributed by atoms with van der Waals surface area (Å²) in [7, 11) is 1.82. The maximum absolute atomic E-state index is 6.05. The summed E-state index contributed by atoms with van der Waals surface area (Å²) in [5.41, 5.74) is 2.09.